The average molecular weight is 252 g/mol. The van der Waals surface area contributed by atoms with E-state index >= 15 is 0 Å². The zero-order chi connectivity index (χ0) is 12.3. The molecule has 3 atom stereocenters. The molecule has 0 saturated carbocycles. The number of nitrogens with zero attached hydrogens (tertiary/aromatic N) is 1. The van der Waals surface area contributed by atoms with Crippen molar-refractivity contribution in [1.29, 1.82) is 0 Å². The fourth-order valence-electron chi connectivity index (χ4n) is 2.86. The van der Waals surface area contributed by atoms with Crippen molar-refractivity contribution in [2.24, 2.45) is 5.92 Å². The van der Waals surface area contributed by atoms with Crippen molar-refractivity contribution in [3.05, 3.63) is 22.4 Å². The van der Waals surface area contributed by atoms with Gasteiger partial charge in [-0.1, -0.05) is 13.0 Å². The lowest BCUT2D eigenvalue weighted by atomic mass is 9.92. The Balaban J connectivity index is 1.86. The predicted molar refractivity (Wildman–Crippen MR) is 75.7 cm³/mol. The Kier molecular flexibility index (Phi) is 4.60. The van der Waals surface area contributed by atoms with Crippen molar-refractivity contribution in [2.45, 2.75) is 38.8 Å². The molecule has 0 spiro atoms. The highest BCUT2D eigenvalue weighted by Crippen LogP contribution is 2.21. The van der Waals surface area contributed by atoms with Crippen molar-refractivity contribution in [3.63, 3.8) is 0 Å². The maximum atomic E-state index is 3.43. The zero-order valence-corrected chi connectivity index (χ0v) is 12.0. The van der Waals surface area contributed by atoms with Crippen molar-refractivity contribution in [2.75, 3.05) is 20.1 Å². The minimum Gasteiger partial charge on any atom is -0.317 e. The van der Waals surface area contributed by atoms with Crippen LogP contribution < -0.4 is 5.32 Å². The van der Waals surface area contributed by atoms with Gasteiger partial charge in [-0.2, -0.15) is 0 Å². The summed E-state index contributed by atoms with van der Waals surface area (Å²) in [5, 5.41) is 5.61. The first-order valence-corrected chi connectivity index (χ1v) is 7.52. The van der Waals surface area contributed by atoms with Crippen molar-refractivity contribution >= 4 is 11.3 Å². The van der Waals surface area contributed by atoms with Gasteiger partial charge in [-0.3, -0.25) is 4.90 Å². The van der Waals surface area contributed by atoms with Gasteiger partial charge in [-0.05, 0) is 50.7 Å². The molecule has 1 aromatic heterocycles. The molecule has 2 nitrogen and oxygen atoms in total. The molecule has 3 heteroatoms. The van der Waals surface area contributed by atoms with Crippen LogP contribution in [0.1, 0.15) is 25.1 Å². The second-order valence-corrected chi connectivity index (χ2v) is 6.32. The number of rotatable bonds is 4. The number of thiophene rings is 1. The number of likely N-dealkylation sites (tertiary alicyclic amines) is 1. The highest BCUT2D eigenvalue weighted by molar-refractivity contribution is 7.09. The summed E-state index contributed by atoms with van der Waals surface area (Å²) in [7, 11) is 2.09. The minimum absolute atomic E-state index is 0.675. The van der Waals surface area contributed by atoms with Gasteiger partial charge in [0, 0.05) is 23.5 Å². The summed E-state index contributed by atoms with van der Waals surface area (Å²) in [5.74, 6) is 0.763. The molecule has 1 aliphatic heterocycles. The monoisotopic (exact) mass is 252 g/mol. The Morgan fingerprint density at radius 1 is 1.59 bits per heavy atom. The second kappa shape index (κ2) is 5.98. The van der Waals surface area contributed by atoms with Crippen LogP contribution in [-0.2, 0) is 6.42 Å². The van der Waals surface area contributed by atoms with Crippen molar-refractivity contribution in [3.8, 4) is 0 Å². The highest BCUT2D eigenvalue weighted by atomic mass is 32.1. The fraction of sp³-hybridized carbons (Fsp3) is 0.714. The van der Waals surface area contributed by atoms with E-state index in [1.165, 1.54) is 30.8 Å². The van der Waals surface area contributed by atoms with E-state index in [2.05, 4.69) is 48.6 Å². The molecule has 0 bridgehead atoms. The summed E-state index contributed by atoms with van der Waals surface area (Å²) >= 11 is 1.88. The third kappa shape index (κ3) is 3.30. The second-order valence-electron chi connectivity index (χ2n) is 5.29. The van der Waals surface area contributed by atoms with Gasteiger partial charge in [0.25, 0.3) is 0 Å². The van der Waals surface area contributed by atoms with Crippen LogP contribution in [0, 0.1) is 5.92 Å². The largest absolute Gasteiger partial charge is 0.317 e. The first-order valence-electron chi connectivity index (χ1n) is 6.64. The van der Waals surface area contributed by atoms with E-state index in [9.17, 15) is 0 Å². The normalized spacial score (nSPS) is 28.2. The van der Waals surface area contributed by atoms with Gasteiger partial charge in [0.1, 0.15) is 0 Å². The summed E-state index contributed by atoms with van der Waals surface area (Å²) in [6, 6.07) is 5.79. The number of nitrogens with one attached hydrogen (secondary N) is 1. The molecule has 2 heterocycles. The minimum atomic E-state index is 0.675. The van der Waals surface area contributed by atoms with Crippen molar-refractivity contribution < 1.29 is 0 Å². The van der Waals surface area contributed by atoms with Crippen LogP contribution in [0.25, 0.3) is 0 Å². The Bertz CT molecular complexity index is 323. The molecular weight excluding hydrogens is 228 g/mol. The summed E-state index contributed by atoms with van der Waals surface area (Å²) in [5.41, 5.74) is 0. The SMILES string of the molecule is CNC1CCN(C(C)Cc2cccs2)CC1C. The van der Waals surface area contributed by atoms with E-state index in [-0.39, 0.29) is 0 Å². The van der Waals surface area contributed by atoms with Gasteiger partial charge < -0.3 is 5.32 Å². The lowest BCUT2D eigenvalue weighted by molar-refractivity contribution is 0.114. The zero-order valence-electron chi connectivity index (χ0n) is 11.1. The summed E-state index contributed by atoms with van der Waals surface area (Å²) in [4.78, 5) is 4.17. The van der Waals surface area contributed by atoms with Gasteiger partial charge in [0.05, 0.1) is 0 Å². The van der Waals surface area contributed by atoms with E-state index < -0.39 is 0 Å². The Hall–Kier alpha value is -0.380. The fourth-order valence-corrected chi connectivity index (χ4v) is 3.68. The lowest BCUT2D eigenvalue weighted by Gasteiger charge is -2.40. The first-order chi connectivity index (χ1) is 8.20. The summed E-state index contributed by atoms with van der Waals surface area (Å²) < 4.78 is 0. The van der Waals surface area contributed by atoms with Gasteiger partial charge in [-0.25, -0.2) is 0 Å². The summed E-state index contributed by atoms with van der Waals surface area (Å²) in [6.07, 6.45) is 2.49. The Morgan fingerprint density at radius 2 is 2.41 bits per heavy atom. The predicted octanol–water partition coefficient (Wildman–Crippen LogP) is 2.61. The van der Waals surface area contributed by atoms with E-state index in [1.807, 2.05) is 11.3 Å². The van der Waals surface area contributed by atoms with E-state index in [1.54, 1.807) is 0 Å². The molecule has 0 radical (unpaired) electrons. The van der Waals surface area contributed by atoms with E-state index in [0.29, 0.717) is 12.1 Å². The van der Waals surface area contributed by atoms with Gasteiger partial charge >= 0.3 is 0 Å². The molecule has 1 fully saturated rings. The quantitative estimate of drug-likeness (QED) is 0.886. The van der Waals surface area contributed by atoms with Gasteiger partial charge in [-0.15, -0.1) is 11.3 Å². The topological polar surface area (TPSA) is 15.3 Å². The van der Waals surface area contributed by atoms with E-state index in [0.717, 1.165) is 5.92 Å². The molecule has 0 aromatic carbocycles. The maximum Gasteiger partial charge on any atom is 0.0115 e. The van der Waals surface area contributed by atoms with Crippen LogP contribution in [0.2, 0.25) is 0 Å². The Morgan fingerprint density at radius 3 is 3.00 bits per heavy atom. The molecular formula is C14H24N2S. The molecule has 0 aliphatic carbocycles. The standard InChI is InChI=1S/C14H24N2S/c1-11-10-16(7-6-14(11)15-3)12(2)9-13-5-4-8-17-13/h4-5,8,11-12,14-15H,6-7,9-10H2,1-3H3. The molecule has 1 N–H and O–H groups in total. The first kappa shape index (κ1) is 13.1. The van der Waals surface area contributed by atoms with E-state index in [4.69, 9.17) is 0 Å². The molecule has 2 rings (SSSR count). The smallest absolute Gasteiger partial charge is 0.0115 e. The third-order valence-corrected chi connectivity index (χ3v) is 4.91. The highest BCUT2D eigenvalue weighted by Gasteiger charge is 2.27. The van der Waals surface area contributed by atoms with Crippen LogP contribution in [-0.4, -0.2) is 37.1 Å². The maximum absolute atomic E-state index is 3.43. The molecule has 96 valence electrons. The number of piperidine rings is 1. The average Bonchev–Trinajstić information content (AvgIpc) is 2.81. The van der Waals surface area contributed by atoms with Crippen LogP contribution in [0.5, 0.6) is 0 Å². The third-order valence-electron chi connectivity index (χ3n) is 4.01. The molecule has 17 heavy (non-hydrogen) atoms. The van der Waals surface area contributed by atoms with Crippen LogP contribution in [0.3, 0.4) is 0 Å². The number of hydrogen-bond donors (Lipinski definition) is 1. The van der Waals surface area contributed by atoms with Crippen LogP contribution >= 0.6 is 11.3 Å². The van der Waals surface area contributed by atoms with Crippen LogP contribution in [0.4, 0.5) is 0 Å². The van der Waals surface area contributed by atoms with Gasteiger partial charge in [0.2, 0.25) is 0 Å². The Labute approximate surface area is 109 Å². The number of hydrogen-bond acceptors (Lipinski definition) is 3. The molecule has 3 unspecified atom stereocenters. The molecule has 1 aromatic rings. The van der Waals surface area contributed by atoms with Crippen molar-refractivity contribution in [1.82, 2.24) is 10.2 Å². The molecule has 1 aliphatic rings. The van der Waals surface area contributed by atoms with Gasteiger partial charge in [0.15, 0.2) is 0 Å². The van der Waals surface area contributed by atoms with Crippen LogP contribution in [0.15, 0.2) is 17.5 Å². The molecule has 1 saturated heterocycles. The summed E-state index contributed by atoms with van der Waals surface area (Å²) in [6.45, 7) is 7.21. The lowest BCUT2D eigenvalue weighted by Crippen LogP contribution is -2.50. The molecule has 0 amide bonds.